The number of nitrogens with one attached hydrogen (secondary N) is 2. The number of carbonyl (C=O) groups is 1. The number of piperidine rings is 1. The van der Waals surface area contributed by atoms with Gasteiger partial charge in [0.05, 0.1) is 0 Å². The van der Waals surface area contributed by atoms with E-state index in [0.717, 1.165) is 49.6 Å². The zero-order chi connectivity index (χ0) is 15.2. The Balaban J connectivity index is 2.15. The predicted octanol–water partition coefficient (Wildman–Crippen LogP) is 1.89. The maximum Gasteiger partial charge on any atom is 0.222 e. The van der Waals surface area contributed by atoms with Crippen LogP contribution in [0.25, 0.3) is 0 Å². The maximum absolute atomic E-state index is 11.6. The highest BCUT2D eigenvalue weighted by atomic mass is 16.2. The summed E-state index contributed by atoms with van der Waals surface area (Å²) in [6.45, 7) is 5.78. The molecule has 0 spiro atoms. The molecule has 1 aromatic heterocycles. The minimum atomic E-state index is 0.220. The highest BCUT2D eigenvalue weighted by molar-refractivity contribution is 5.77. The first-order chi connectivity index (χ1) is 10.2. The summed E-state index contributed by atoms with van der Waals surface area (Å²) in [5.74, 6) is 2.03. The van der Waals surface area contributed by atoms with Gasteiger partial charge in [-0.2, -0.15) is 0 Å². The number of anilines is 2. The molecule has 0 aromatic carbocycles. The second-order valence-corrected chi connectivity index (χ2v) is 5.48. The van der Waals surface area contributed by atoms with Gasteiger partial charge in [0, 0.05) is 38.2 Å². The van der Waals surface area contributed by atoms with Gasteiger partial charge >= 0.3 is 0 Å². The maximum atomic E-state index is 11.6. The first-order valence-electron chi connectivity index (χ1n) is 7.73. The first-order valence-corrected chi connectivity index (χ1v) is 7.73. The van der Waals surface area contributed by atoms with Gasteiger partial charge in [-0.25, -0.2) is 9.97 Å². The van der Waals surface area contributed by atoms with Gasteiger partial charge in [-0.3, -0.25) is 4.79 Å². The van der Waals surface area contributed by atoms with Gasteiger partial charge in [-0.05, 0) is 19.8 Å². The third-order valence-corrected chi connectivity index (χ3v) is 3.76. The lowest BCUT2D eigenvalue weighted by Crippen LogP contribution is -2.43. The zero-order valence-corrected chi connectivity index (χ0v) is 13.1. The zero-order valence-electron chi connectivity index (χ0n) is 13.1. The van der Waals surface area contributed by atoms with Crippen LogP contribution in [-0.2, 0) is 11.2 Å². The summed E-state index contributed by atoms with van der Waals surface area (Å²) in [4.78, 5) is 22.1. The Morgan fingerprint density at radius 1 is 1.33 bits per heavy atom. The van der Waals surface area contributed by atoms with Gasteiger partial charge in [0.15, 0.2) is 0 Å². The molecule has 1 aliphatic heterocycles. The number of amides is 1. The number of carbonyl (C=O) groups excluding carboxylic acids is 1. The standard InChI is InChI=1S/C15H25N5O/c1-4-6-12-14(16-5-2)17-10-18-15(12)19-11-7-8-13(21)20(3)9-11/h10-11H,4-9H2,1-3H3,(H2,16,17,18,19). The minimum absolute atomic E-state index is 0.220. The largest absolute Gasteiger partial charge is 0.370 e. The van der Waals surface area contributed by atoms with Crippen molar-refractivity contribution in [1.82, 2.24) is 14.9 Å². The Morgan fingerprint density at radius 3 is 2.76 bits per heavy atom. The summed E-state index contributed by atoms with van der Waals surface area (Å²) >= 11 is 0. The van der Waals surface area contributed by atoms with E-state index < -0.39 is 0 Å². The van der Waals surface area contributed by atoms with Crippen LogP contribution in [0, 0.1) is 0 Å². The smallest absolute Gasteiger partial charge is 0.222 e. The second kappa shape index (κ2) is 7.24. The van der Waals surface area contributed by atoms with Crippen molar-refractivity contribution in [1.29, 1.82) is 0 Å². The Labute approximate surface area is 126 Å². The van der Waals surface area contributed by atoms with Gasteiger partial charge < -0.3 is 15.5 Å². The molecule has 6 nitrogen and oxygen atoms in total. The van der Waals surface area contributed by atoms with Crippen LogP contribution in [0.5, 0.6) is 0 Å². The average molecular weight is 291 g/mol. The molecule has 1 amide bonds. The SMILES string of the molecule is CCCc1c(NCC)ncnc1NC1CCC(=O)N(C)C1. The minimum Gasteiger partial charge on any atom is -0.370 e. The Morgan fingerprint density at radius 2 is 2.10 bits per heavy atom. The van der Waals surface area contributed by atoms with Crippen molar-refractivity contribution in [2.75, 3.05) is 30.8 Å². The van der Waals surface area contributed by atoms with Crippen molar-refractivity contribution in [3.8, 4) is 0 Å². The summed E-state index contributed by atoms with van der Waals surface area (Å²) < 4.78 is 0. The monoisotopic (exact) mass is 291 g/mol. The van der Waals surface area contributed by atoms with Crippen molar-refractivity contribution in [3.05, 3.63) is 11.9 Å². The lowest BCUT2D eigenvalue weighted by molar-refractivity contribution is -0.132. The predicted molar refractivity (Wildman–Crippen MR) is 84.5 cm³/mol. The highest BCUT2D eigenvalue weighted by Crippen LogP contribution is 2.24. The first kappa shape index (κ1) is 15.5. The number of hydrogen-bond acceptors (Lipinski definition) is 5. The van der Waals surface area contributed by atoms with Crippen molar-refractivity contribution in [2.24, 2.45) is 0 Å². The Kier molecular flexibility index (Phi) is 5.36. The van der Waals surface area contributed by atoms with Crippen molar-refractivity contribution >= 4 is 17.5 Å². The van der Waals surface area contributed by atoms with Gasteiger partial charge in [0.2, 0.25) is 5.91 Å². The fourth-order valence-corrected chi connectivity index (χ4v) is 2.67. The van der Waals surface area contributed by atoms with E-state index >= 15 is 0 Å². The van der Waals surface area contributed by atoms with Crippen molar-refractivity contribution < 1.29 is 4.79 Å². The third-order valence-electron chi connectivity index (χ3n) is 3.76. The molecule has 2 rings (SSSR count). The van der Waals surface area contributed by atoms with E-state index in [-0.39, 0.29) is 11.9 Å². The molecule has 1 atom stereocenters. The molecule has 2 heterocycles. The van der Waals surface area contributed by atoms with E-state index in [9.17, 15) is 4.79 Å². The molecule has 1 unspecified atom stereocenters. The van der Waals surface area contributed by atoms with Crippen molar-refractivity contribution in [2.45, 2.75) is 45.6 Å². The van der Waals surface area contributed by atoms with Gasteiger partial charge in [0.1, 0.15) is 18.0 Å². The molecular formula is C15H25N5O. The van der Waals surface area contributed by atoms with Crippen LogP contribution in [-0.4, -0.2) is 47.0 Å². The van der Waals surface area contributed by atoms with Crippen LogP contribution in [0.4, 0.5) is 11.6 Å². The quantitative estimate of drug-likeness (QED) is 0.837. The number of likely N-dealkylation sites (tertiary alicyclic amines) is 1. The second-order valence-electron chi connectivity index (χ2n) is 5.48. The van der Waals surface area contributed by atoms with Crippen LogP contribution >= 0.6 is 0 Å². The molecular weight excluding hydrogens is 266 g/mol. The molecule has 1 saturated heterocycles. The summed E-state index contributed by atoms with van der Waals surface area (Å²) in [5.41, 5.74) is 1.14. The average Bonchev–Trinajstić information content (AvgIpc) is 2.46. The fraction of sp³-hybridized carbons (Fsp3) is 0.667. The Hall–Kier alpha value is -1.85. The van der Waals surface area contributed by atoms with Gasteiger partial charge in [-0.1, -0.05) is 13.3 Å². The van der Waals surface area contributed by atoms with Crippen LogP contribution < -0.4 is 10.6 Å². The van der Waals surface area contributed by atoms with Crippen LogP contribution in [0.15, 0.2) is 6.33 Å². The molecule has 1 fully saturated rings. The lowest BCUT2D eigenvalue weighted by Gasteiger charge is -2.31. The van der Waals surface area contributed by atoms with Crippen LogP contribution in [0.2, 0.25) is 0 Å². The topological polar surface area (TPSA) is 70.1 Å². The molecule has 0 aliphatic carbocycles. The number of hydrogen-bond donors (Lipinski definition) is 2. The van der Waals surface area contributed by atoms with E-state index in [1.54, 1.807) is 11.2 Å². The number of nitrogens with zero attached hydrogens (tertiary/aromatic N) is 3. The fourth-order valence-electron chi connectivity index (χ4n) is 2.67. The molecule has 0 bridgehead atoms. The molecule has 1 aromatic rings. The van der Waals surface area contributed by atoms with E-state index in [1.165, 1.54) is 0 Å². The summed E-state index contributed by atoms with van der Waals surface area (Å²) in [7, 11) is 1.85. The Bertz CT molecular complexity index is 491. The van der Waals surface area contributed by atoms with E-state index in [2.05, 4.69) is 34.4 Å². The summed E-state index contributed by atoms with van der Waals surface area (Å²) in [6, 6.07) is 0.257. The lowest BCUT2D eigenvalue weighted by atomic mass is 10.0. The van der Waals surface area contributed by atoms with Crippen LogP contribution in [0.3, 0.4) is 0 Å². The van der Waals surface area contributed by atoms with Crippen LogP contribution in [0.1, 0.15) is 38.7 Å². The van der Waals surface area contributed by atoms with Crippen molar-refractivity contribution in [3.63, 3.8) is 0 Å². The molecule has 2 N–H and O–H groups in total. The molecule has 21 heavy (non-hydrogen) atoms. The number of likely N-dealkylation sites (N-methyl/N-ethyl adjacent to an activating group) is 1. The highest BCUT2D eigenvalue weighted by Gasteiger charge is 2.24. The van der Waals surface area contributed by atoms with E-state index in [4.69, 9.17) is 0 Å². The number of aromatic nitrogens is 2. The molecule has 0 radical (unpaired) electrons. The van der Waals surface area contributed by atoms with E-state index in [1.807, 2.05) is 7.05 Å². The van der Waals surface area contributed by atoms with E-state index in [0.29, 0.717) is 6.42 Å². The molecule has 1 aliphatic rings. The summed E-state index contributed by atoms with van der Waals surface area (Å²) in [6.07, 6.45) is 5.03. The normalized spacial score (nSPS) is 18.7. The molecule has 0 saturated carbocycles. The summed E-state index contributed by atoms with van der Waals surface area (Å²) in [5, 5.41) is 6.80. The van der Waals surface area contributed by atoms with Gasteiger partial charge in [-0.15, -0.1) is 0 Å². The van der Waals surface area contributed by atoms with Gasteiger partial charge in [0.25, 0.3) is 0 Å². The molecule has 6 heteroatoms. The third kappa shape index (κ3) is 3.83. The molecule has 116 valence electrons. The number of rotatable bonds is 6.